The van der Waals surface area contributed by atoms with Crippen molar-refractivity contribution in [2.24, 2.45) is 0 Å². The summed E-state index contributed by atoms with van der Waals surface area (Å²) in [5.41, 5.74) is 4.13. The average molecular weight is 372 g/mol. The fourth-order valence-electron chi connectivity index (χ4n) is 2.82. The Hall–Kier alpha value is -2.07. The van der Waals surface area contributed by atoms with Crippen molar-refractivity contribution < 1.29 is 9.53 Å². The summed E-state index contributed by atoms with van der Waals surface area (Å²) in [5, 5.41) is 0. The van der Waals surface area contributed by atoms with E-state index in [9.17, 15) is 4.79 Å². The van der Waals surface area contributed by atoms with Crippen molar-refractivity contribution in [2.75, 3.05) is 18.6 Å². The van der Waals surface area contributed by atoms with Crippen molar-refractivity contribution in [2.45, 2.75) is 13.0 Å². The average Bonchev–Trinajstić information content (AvgIpc) is 2.74. The molecule has 0 fully saturated rings. The molecule has 0 saturated heterocycles. The highest BCUT2D eigenvalue weighted by Gasteiger charge is 2.20. The Labute approximate surface area is 144 Å². The number of rotatable bonds is 3. The number of halogens is 1. The SMILES string of the molecule is COC(=O)C1=Cc2cc(Br)ccc2N(Cc2ccccc2)CC1. The lowest BCUT2D eigenvalue weighted by molar-refractivity contribution is -0.136. The van der Waals surface area contributed by atoms with Crippen LogP contribution in [0.25, 0.3) is 6.08 Å². The number of anilines is 1. The zero-order chi connectivity index (χ0) is 16.2. The molecule has 3 nitrogen and oxygen atoms in total. The summed E-state index contributed by atoms with van der Waals surface area (Å²) in [5.74, 6) is -0.252. The maximum absolute atomic E-state index is 12.0. The van der Waals surface area contributed by atoms with Gasteiger partial charge in [0.1, 0.15) is 0 Å². The molecule has 0 amide bonds. The highest BCUT2D eigenvalue weighted by Crippen LogP contribution is 2.31. The number of carbonyl (C=O) groups excluding carboxylic acids is 1. The second-order valence-corrected chi connectivity index (χ2v) is 6.44. The van der Waals surface area contributed by atoms with Crippen molar-refractivity contribution in [3.63, 3.8) is 0 Å². The van der Waals surface area contributed by atoms with Crippen LogP contribution >= 0.6 is 15.9 Å². The normalized spacial score (nSPS) is 13.8. The highest BCUT2D eigenvalue weighted by molar-refractivity contribution is 9.10. The fraction of sp³-hybridized carbons (Fsp3) is 0.211. The van der Waals surface area contributed by atoms with Crippen molar-refractivity contribution in [3.05, 3.63) is 69.7 Å². The molecule has 0 aromatic heterocycles. The third kappa shape index (κ3) is 3.64. The lowest BCUT2D eigenvalue weighted by atomic mass is 10.1. The van der Waals surface area contributed by atoms with Gasteiger partial charge in [0.15, 0.2) is 0 Å². The molecule has 1 aliphatic heterocycles. The number of methoxy groups -OCH3 is 1. The number of benzene rings is 2. The first kappa shape index (κ1) is 15.8. The topological polar surface area (TPSA) is 29.5 Å². The van der Waals surface area contributed by atoms with Gasteiger partial charge >= 0.3 is 5.97 Å². The van der Waals surface area contributed by atoms with E-state index in [0.29, 0.717) is 12.0 Å². The van der Waals surface area contributed by atoms with Gasteiger partial charge in [-0.25, -0.2) is 4.79 Å². The van der Waals surface area contributed by atoms with Gasteiger partial charge in [-0.1, -0.05) is 46.3 Å². The zero-order valence-corrected chi connectivity index (χ0v) is 14.5. The van der Waals surface area contributed by atoms with Crippen LogP contribution in [-0.4, -0.2) is 19.6 Å². The molecular weight excluding hydrogens is 354 g/mol. The van der Waals surface area contributed by atoms with Crippen molar-refractivity contribution in [3.8, 4) is 0 Å². The fourth-order valence-corrected chi connectivity index (χ4v) is 3.20. The minimum Gasteiger partial charge on any atom is -0.466 e. The van der Waals surface area contributed by atoms with Gasteiger partial charge in [0, 0.05) is 28.8 Å². The number of hydrogen-bond donors (Lipinski definition) is 0. The van der Waals surface area contributed by atoms with E-state index in [1.807, 2.05) is 36.4 Å². The van der Waals surface area contributed by atoms with Crippen LogP contribution in [0.4, 0.5) is 5.69 Å². The number of esters is 1. The van der Waals surface area contributed by atoms with E-state index in [2.05, 4.69) is 39.0 Å². The number of hydrogen-bond acceptors (Lipinski definition) is 3. The van der Waals surface area contributed by atoms with Gasteiger partial charge < -0.3 is 9.64 Å². The zero-order valence-electron chi connectivity index (χ0n) is 13.0. The lowest BCUT2D eigenvalue weighted by Gasteiger charge is -2.25. The highest BCUT2D eigenvalue weighted by atomic mass is 79.9. The van der Waals surface area contributed by atoms with Crippen LogP contribution in [-0.2, 0) is 16.1 Å². The van der Waals surface area contributed by atoms with E-state index >= 15 is 0 Å². The Morgan fingerprint density at radius 3 is 2.74 bits per heavy atom. The molecule has 23 heavy (non-hydrogen) atoms. The molecule has 2 aromatic carbocycles. The number of nitrogens with zero attached hydrogens (tertiary/aromatic N) is 1. The summed E-state index contributed by atoms with van der Waals surface area (Å²) in [4.78, 5) is 14.3. The van der Waals surface area contributed by atoms with Gasteiger partial charge in [-0.05, 0) is 41.8 Å². The maximum Gasteiger partial charge on any atom is 0.333 e. The Bertz CT molecular complexity index is 740. The summed E-state index contributed by atoms with van der Waals surface area (Å²) < 4.78 is 5.90. The van der Waals surface area contributed by atoms with E-state index < -0.39 is 0 Å². The number of carbonyl (C=O) groups is 1. The van der Waals surface area contributed by atoms with Crippen LogP contribution in [0.2, 0.25) is 0 Å². The van der Waals surface area contributed by atoms with Crippen LogP contribution in [0.1, 0.15) is 17.5 Å². The van der Waals surface area contributed by atoms with Gasteiger partial charge in [-0.2, -0.15) is 0 Å². The maximum atomic E-state index is 12.0. The van der Waals surface area contributed by atoms with Gasteiger partial charge in [0.25, 0.3) is 0 Å². The first-order valence-corrected chi connectivity index (χ1v) is 8.34. The van der Waals surface area contributed by atoms with Gasteiger partial charge in [0.2, 0.25) is 0 Å². The minimum atomic E-state index is -0.252. The number of ether oxygens (including phenoxy) is 1. The summed E-state index contributed by atoms with van der Waals surface area (Å²) in [6.45, 7) is 1.60. The summed E-state index contributed by atoms with van der Waals surface area (Å²) in [7, 11) is 1.43. The van der Waals surface area contributed by atoms with Crippen LogP contribution in [0.3, 0.4) is 0 Å². The van der Waals surface area contributed by atoms with Gasteiger partial charge in [0.05, 0.1) is 7.11 Å². The smallest absolute Gasteiger partial charge is 0.333 e. The Kier molecular flexibility index (Phi) is 4.82. The Morgan fingerprint density at radius 2 is 2.00 bits per heavy atom. The van der Waals surface area contributed by atoms with E-state index in [1.54, 1.807) is 0 Å². The number of fused-ring (bicyclic) bond motifs is 1. The molecule has 2 aromatic rings. The van der Waals surface area contributed by atoms with E-state index in [1.165, 1.54) is 12.7 Å². The molecule has 0 saturated carbocycles. The molecule has 0 radical (unpaired) electrons. The molecular formula is C19H18BrNO2. The quantitative estimate of drug-likeness (QED) is 0.748. The van der Waals surface area contributed by atoms with E-state index in [0.717, 1.165) is 28.8 Å². The molecule has 0 aliphatic carbocycles. The molecule has 1 aliphatic rings. The summed E-state index contributed by atoms with van der Waals surface area (Å²) >= 11 is 3.51. The lowest BCUT2D eigenvalue weighted by Crippen LogP contribution is -2.24. The Balaban J connectivity index is 1.96. The molecule has 3 rings (SSSR count). The standard InChI is InChI=1S/C19H18BrNO2/c1-23-19(22)15-9-10-21(13-14-5-3-2-4-6-14)18-8-7-17(20)12-16(18)11-15/h2-8,11-12H,9-10,13H2,1H3. The monoisotopic (exact) mass is 371 g/mol. The van der Waals surface area contributed by atoms with Gasteiger partial charge in [-0.3, -0.25) is 0 Å². The summed E-state index contributed by atoms with van der Waals surface area (Å²) in [6, 6.07) is 16.5. The second-order valence-electron chi connectivity index (χ2n) is 5.52. The van der Waals surface area contributed by atoms with Crippen LogP contribution < -0.4 is 4.90 Å². The molecule has 4 heteroatoms. The molecule has 0 atom stereocenters. The first-order chi connectivity index (χ1) is 11.2. The first-order valence-electron chi connectivity index (χ1n) is 7.54. The molecule has 118 valence electrons. The van der Waals surface area contributed by atoms with E-state index in [-0.39, 0.29) is 5.97 Å². The second kappa shape index (κ2) is 7.01. The van der Waals surface area contributed by atoms with Gasteiger partial charge in [-0.15, -0.1) is 0 Å². The third-order valence-electron chi connectivity index (χ3n) is 3.97. The third-order valence-corrected chi connectivity index (χ3v) is 4.47. The van der Waals surface area contributed by atoms with Crippen molar-refractivity contribution in [1.82, 2.24) is 0 Å². The molecule has 0 bridgehead atoms. The molecule has 0 N–H and O–H groups in total. The Morgan fingerprint density at radius 1 is 1.22 bits per heavy atom. The summed E-state index contributed by atoms with van der Waals surface area (Å²) in [6.07, 6.45) is 2.61. The predicted octanol–water partition coefficient (Wildman–Crippen LogP) is 4.42. The molecule has 0 spiro atoms. The van der Waals surface area contributed by atoms with Crippen LogP contribution in [0.5, 0.6) is 0 Å². The largest absolute Gasteiger partial charge is 0.466 e. The predicted molar refractivity (Wildman–Crippen MR) is 96.2 cm³/mol. The van der Waals surface area contributed by atoms with Crippen molar-refractivity contribution in [1.29, 1.82) is 0 Å². The van der Waals surface area contributed by atoms with E-state index in [4.69, 9.17) is 4.74 Å². The van der Waals surface area contributed by atoms with Crippen LogP contribution in [0, 0.1) is 0 Å². The molecule has 1 heterocycles. The van der Waals surface area contributed by atoms with Crippen molar-refractivity contribution >= 4 is 33.7 Å². The van der Waals surface area contributed by atoms with Crippen LogP contribution in [0.15, 0.2) is 58.6 Å². The molecule has 0 unspecified atom stereocenters. The minimum absolute atomic E-state index is 0.252.